The number of carbonyl (C=O) groups excluding carboxylic acids is 17. The number of amides is 17. The van der Waals surface area contributed by atoms with Crippen molar-refractivity contribution in [3.63, 3.8) is 0 Å². The van der Waals surface area contributed by atoms with Gasteiger partial charge in [0.25, 0.3) is 0 Å². The standard InChI is InChI=1S/C95H130N24O18S/c1-10-12-34-75-88(131)108-66(33-24-36-101-95(98)99)84(127)114-74(83(126)104-47-79(97)122)51-138-52-81(124)107-70(38-56-25-16-14-17-26-56)91(134)116(7)55(5)82(125)110-72(43-78(96)121)93(136)119-48-60(57-27-18-15-19-28-57)41-77(119)89(132)109-68(42-61-46-100-53-105-61)86(129)111-69(37-54(3)4)90(133)115(6)49-80(123)106-67(39-58-44-102-64-31-22-20-29-62(58)64)85(128)113-73(50-120)87(130)112-71(40-59-45-103-65-32-23-21-30-63(59)65)92(135)118(9)76(35-13-11-2)94(137)117(75)8/h14-23,25-32,44-46,53-55,60,66-77,102-103,120H,10-13,24,33-43,47-52H2,1-9H3,(H2,96,121)(H2,97,122)(H,100,105)(H,104,126)(H,106,123)(H,107,124)(H,108,131)(H,109,132)(H,110,125)(H,111,129)(H,112,130)(H,113,128)(H,114,127)(H4,98,99,101). The van der Waals surface area contributed by atoms with Crippen LogP contribution in [-0.4, -0.2) is 307 Å². The number of aliphatic hydroxyl groups excluding tert-OH is 1. The first kappa shape index (κ1) is 107. The topological polar surface area (TPSA) is 621 Å². The van der Waals surface area contributed by atoms with Crippen molar-refractivity contribution in [1.82, 2.24) is 103 Å². The summed E-state index contributed by atoms with van der Waals surface area (Å²) in [6, 6.07) is 11.4. The number of H-pyrrole nitrogens is 3. The van der Waals surface area contributed by atoms with Crippen LogP contribution in [0.2, 0.25) is 0 Å². The van der Waals surface area contributed by atoms with Crippen molar-refractivity contribution in [2.75, 3.05) is 72.5 Å². The highest BCUT2D eigenvalue weighted by Gasteiger charge is 2.46. The van der Waals surface area contributed by atoms with Crippen LogP contribution in [-0.2, 0) is 107 Å². The van der Waals surface area contributed by atoms with Crippen LogP contribution < -0.4 is 75.7 Å². The number of para-hydroxylation sites is 2. The summed E-state index contributed by atoms with van der Waals surface area (Å²) in [5.41, 5.74) is 20.8. The van der Waals surface area contributed by atoms with Gasteiger partial charge in [-0.2, -0.15) is 0 Å². The molecule has 3 aromatic heterocycles. The van der Waals surface area contributed by atoms with E-state index in [1.54, 1.807) is 135 Å². The molecule has 43 heteroatoms. The summed E-state index contributed by atoms with van der Waals surface area (Å²) in [4.78, 5) is 270. The van der Waals surface area contributed by atoms with Gasteiger partial charge in [-0.1, -0.05) is 150 Å². The zero-order chi connectivity index (χ0) is 101. The number of fused-ring (bicyclic) bond motifs is 3. The number of carbonyl (C=O) groups is 17. The van der Waals surface area contributed by atoms with Crippen LogP contribution in [0.3, 0.4) is 0 Å². The molecule has 14 atom stereocenters. The molecule has 2 saturated heterocycles. The number of thioether (sulfide) groups is 1. The van der Waals surface area contributed by atoms with Gasteiger partial charge in [-0.25, -0.2) is 4.98 Å². The number of aromatic nitrogens is 4. The Morgan fingerprint density at radius 1 is 0.522 bits per heavy atom. The van der Waals surface area contributed by atoms with Crippen LogP contribution in [0, 0.1) is 11.3 Å². The van der Waals surface area contributed by atoms with E-state index in [0.29, 0.717) is 75.4 Å². The number of unbranched alkanes of at least 4 members (excludes halogenated alkanes) is 2. The number of likely N-dealkylation sites (N-methyl/N-ethyl adjacent to an activating group) is 4. The molecule has 14 unspecified atom stereocenters. The number of aromatic amines is 3. The second kappa shape index (κ2) is 52.2. The van der Waals surface area contributed by atoms with Crippen molar-refractivity contribution in [1.29, 1.82) is 5.41 Å². The molecule has 7 aromatic rings. The molecule has 22 N–H and O–H groups in total. The molecule has 42 nitrogen and oxygen atoms in total. The summed E-state index contributed by atoms with van der Waals surface area (Å²) in [6.07, 6.45) is 5.59. The number of hydrogen-bond acceptors (Lipinski definition) is 21. The van der Waals surface area contributed by atoms with E-state index in [1.165, 1.54) is 47.6 Å². The lowest BCUT2D eigenvalue weighted by Crippen LogP contribution is -2.61. The fourth-order valence-electron chi connectivity index (χ4n) is 16.8. The SMILES string of the molecule is CCCCC1C(=O)N(C)C(CCCC)C(=O)NC(CCCNC(=N)N)C(=O)NC(C(=O)NCC(N)=O)CSCC(=O)NC(Cc2ccccc2)C(=O)N(C)C(C)C(=O)NC(CC(N)=O)C(=O)N2CC(c3ccccc3)CC2C(=O)NC(Cc2cnc[nH]2)C(=O)NC(CC(C)C)C(=O)N(C)CC(=O)NC(Cc2c[nH]c3ccccc23)C(=O)NC(CO)C(=O)NC(Cc2c[nH]c3ccccc23)C(=O)N1C. The van der Waals surface area contributed by atoms with Gasteiger partial charge in [0.05, 0.1) is 38.2 Å². The van der Waals surface area contributed by atoms with Crippen molar-refractivity contribution in [3.8, 4) is 0 Å². The zero-order valence-corrected chi connectivity index (χ0v) is 79.9. The van der Waals surface area contributed by atoms with Gasteiger partial charge in [0.2, 0.25) is 100 Å². The van der Waals surface area contributed by atoms with Crippen LogP contribution in [0.15, 0.2) is 134 Å². The summed E-state index contributed by atoms with van der Waals surface area (Å²) in [7, 11) is 5.26. The number of nitrogens with zero attached hydrogens (tertiary/aromatic N) is 6. The summed E-state index contributed by atoms with van der Waals surface area (Å²) < 4.78 is 0. The molecule has 0 radical (unpaired) electrons. The zero-order valence-electron chi connectivity index (χ0n) is 79.1. The van der Waals surface area contributed by atoms with Crippen LogP contribution >= 0.6 is 11.8 Å². The van der Waals surface area contributed by atoms with E-state index >= 15 is 47.9 Å². The first-order valence-electron chi connectivity index (χ1n) is 46.2. The Morgan fingerprint density at radius 3 is 1.64 bits per heavy atom. The summed E-state index contributed by atoms with van der Waals surface area (Å²) in [5.74, 6) is -17.9. The molecular weight excluding hydrogens is 1800 g/mol. The minimum Gasteiger partial charge on any atom is -0.394 e. The highest BCUT2D eigenvalue weighted by Crippen LogP contribution is 2.34. The second-order valence-electron chi connectivity index (χ2n) is 35.3. The van der Waals surface area contributed by atoms with Gasteiger partial charge in [-0.3, -0.25) is 86.9 Å². The number of benzene rings is 4. The summed E-state index contributed by atoms with van der Waals surface area (Å²) in [6.45, 7) is 5.82. The third-order valence-corrected chi connectivity index (χ3v) is 25.5. The number of guanidine groups is 1. The number of nitrogens with one attached hydrogen (secondary N) is 15. The molecule has 17 amide bonds. The van der Waals surface area contributed by atoms with E-state index in [9.17, 15) is 38.7 Å². The Labute approximate surface area is 803 Å². The Hall–Kier alpha value is -14.3. The Morgan fingerprint density at radius 2 is 1.05 bits per heavy atom. The molecule has 2 aliphatic rings. The lowest BCUT2D eigenvalue weighted by atomic mass is 9.96. The molecule has 5 heterocycles. The van der Waals surface area contributed by atoms with Crippen molar-refractivity contribution in [3.05, 3.63) is 162 Å². The van der Waals surface area contributed by atoms with Crippen molar-refractivity contribution < 1.29 is 86.6 Å². The normalized spacial score (nSPS) is 23.5. The highest BCUT2D eigenvalue weighted by molar-refractivity contribution is 8.00. The Bertz CT molecular complexity index is 5430. The first-order valence-corrected chi connectivity index (χ1v) is 47.4. The molecule has 0 spiro atoms. The Kier molecular flexibility index (Phi) is 40.6. The number of primary amides is 2. The molecule has 744 valence electrons. The van der Waals surface area contributed by atoms with Crippen LogP contribution in [0.1, 0.15) is 139 Å². The molecule has 0 saturated carbocycles. The molecule has 138 heavy (non-hydrogen) atoms. The van der Waals surface area contributed by atoms with Gasteiger partial charge in [0.1, 0.15) is 78.5 Å². The van der Waals surface area contributed by atoms with E-state index in [2.05, 4.69) is 78.4 Å². The number of rotatable bonds is 27. The monoisotopic (exact) mass is 1930 g/mol. The van der Waals surface area contributed by atoms with Gasteiger partial charge >= 0.3 is 0 Å². The van der Waals surface area contributed by atoms with Gasteiger partial charge in [0.15, 0.2) is 5.96 Å². The van der Waals surface area contributed by atoms with E-state index < -0.39 is 228 Å². The van der Waals surface area contributed by atoms with Crippen molar-refractivity contribution in [2.45, 2.75) is 215 Å². The largest absolute Gasteiger partial charge is 0.394 e. The average Bonchev–Trinajstić information content (AvgIpc) is 1.48. The van der Waals surface area contributed by atoms with E-state index in [1.807, 2.05) is 13.8 Å². The molecule has 2 aliphatic heterocycles. The molecule has 2 fully saturated rings. The van der Waals surface area contributed by atoms with E-state index in [4.69, 9.17) is 22.6 Å². The third kappa shape index (κ3) is 30.6. The number of hydrogen-bond donors (Lipinski definition) is 19. The maximum Gasteiger partial charge on any atom is 0.246 e. The first-order chi connectivity index (χ1) is 65.9. The molecular formula is C95H130N24O18S. The minimum absolute atomic E-state index is 0.00229. The second-order valence-corrected chi connectivity index (χ2v) is 36.3. The van der Waals surface area contributed by atoms with Crippen molar-refractivity contribution in [2.24, 2.45) is 23.1 Å². The van der Waals surface area contributed by atoms with Crippen LogP contribution in [0.4, 0.5) is 0 Å². The number of aliphatic hydroxyl groups is 1. The fourth-order valence-corrected chi connectivity index (χ4v) is 17.6. The molecule has 0 aliphatic carbocycles. The predicted octanol–water partition coefficient (Wildman–Crippen LogP) is -0.744. The number of nitrogens with two attached hydrogens (primary N) is 3. The van der Waals surface area contributed by atoms with Gasteiger partial charge in [-0.15, -0.1) is 11.8 Å². The van der Waals surface area contributed by atoms with Gasteiger partial charge < -0.3 is 120 Å². The summed E-state index contributed by atoms with van der Waals surface area (Å²) in [5, 5.41) is 49.7. The fraction of sp³-hybridized carbons (Fsp3) is 0.484. The maximum absolute atomic E-state index is 15.7. The van der Waals surface area contributed by atoms with Crippen LogP contribution in [0.25, 0.3) is 21.8 Å². The third-order valence-electron chi connectivity index (χ3n) is 24.5. The smallest absolute Gasteiger partial charge is 0.246 e. The molecule has 4 aromatic carbocycles. The quantitative estimate of drug-likeness (QED) is 0.0171. The predicted molar refractivity (Wildman–Crippen MR) is 514 cm³/mol. The molecule has 0 bridgehead atoms. The van der Waals surface area contributed by atoms with E-state index in [-0.39, 0.29) is 83.2 Å². The van der Waals surface area contributed by atoms with Crippen molar-refractivity contribution >= 4 is 140 Å². The minimum atomic E-state index is -1.86. The van der Waals surface area contributed by atoms with Crippen LogP contribution in [0.5, 0.6) is 0 Å². The number of imidazole rings is 1. The molecule has 9 rings (SSSR count). The lowest BCUT2D eigenvalue weighted by molar-refractivity contribution is -0.149. The average molecular weight is 1930 g/mol. The van der Waals surface area contributed by atoms with Gasteiger partial charge in [-0.05, 0) is 85.8 Å². The maximum atomic E-state index is 15.7. The Balaban J connectivity index is 1.10. The highest BCUT2D eigenvalue weighted by atomic mass is 32.2. The summed E-state index contributed by atoms with van der Waals surface area (Å²) >= 11 is 0.794. The van der Waals surface area contributed by atoms with Gasteiger partial charge in [0, 0.05) is 125 Å². The lowest BCUT2D eigenvalue weighted by Gasteiger charge is -2.36. The van der Waals surface area contributed by atoms with E-state index in [0.717, 1.165) is 36.3 Å².